The topological polar surface area (TPSA) is 73.4 Å². The Hall–Kier alpha value is -1.78. The van der Waals surface area contributed by atoms with Gasteiger partial charge in [-0.3, -0.25) is 9.59 Å². The molecule has 0 aliphatic carbocycles. The van der Waals surface area contributed by atoms with Gasteiger partial charge in [0.1, 0.15) is 0 Å². The van der Waals surface area contributed by atoms with Crippen molar-refractivity contribution in [2.24, 2.45) is 5.92 Å². The lowest BCUT2D eigenvalue weighted by atomic mass is 9.98. The van der Waals surface area contributed by atoms with Crippen LogP contribution in [0.2, 0.25) is 0 Å². The van der Waals surface area contributed by atoms with Crippen molar-refractivity contribution in [2.75, 3.05) is 13.1 Å². The maximum atomic E-state index is 12.0. The van der Waals surface area contributed by atoms with E-state index in [0.717, 1.165) is 12.0 Å². The quantitative estimate of drug-likeness (QED) is 0.818. The number of aromatic nitrogens is 1. The molecule has 1 aliphatic rings. The molecule has 5 nitrogen and oxygen atoms in total. The molecular formula is C12H16N2O3. The third kappa shape index (κ3) is 2.87. The highest BCUT2D eigenvalue weighted by Gasteiger charge is 2.27. The summed E-state index contributed by atoms with van der Waals surface area (Å²) in [7, 11) is 0. The van der Waals surface area contributed by atoms with Crippen molar-refractivity contribution < 1.29 is 14.7 Å². The number of hydrogen-bond donors (Lipinski definition) is 2. The summed E-state index contributed by atoms with van der Waals surface area (Å²) in [5.74, 6) is -1.20. The minimum atomic E-state index is -0.802. The predicted molar refractivity (Wildman–Crippen MR) is 61.4 cm³/mol. The molecule has 0 saturated carbocycles. The van der Waals surface area contributed by atoms with Gasteiger partial charge in [-0.2, -0.15) is 0 Å². The fourth-order valence-corrected chi connectivity index (χ4v) is 2.16. The third-order valence-corrected chi connectivity index (χ3v) is 3.14. The molecule has 1 saturated heterocycles. The monoisotopic (exact) mass is 236 g/mol. The molecule has 1 aromatic rings. The van der Waals surface area contributed by atoms with Gasteiger partial charge in [-0.25, -0.2) is 0 Å². The molecule has 17 heavy (non-hydrogen) atoms. The molecule has 2 rings (SSSR count). The van der Waals surface area contributed by atoms with Crippen molar-refractivity contribution in [2.45, 2.75) is 19.3 Å². The molecule has 2 heterocycles. The first-order chi connectivity index (χ1) is 8.16. The number of carboxylic acids is 1. The van der Waals surface area contributed by atoms with Gasteiger partial charge in [0.2, 0.25) is 5.91 Å². The number of nitrogens with one attached hydrogen (secondary N) is 1. The Morgan fingerprint density at radius 3 is 3.00 bits per heavy atom. The van der Waals surface area contributed by atoms with Crippen LogP contribution < -0.4 is 0 Å². The first kappa shape index (κ1) is 11.7. The van der Waals surface area contributed by atoms with Gasteiger partial charge in [-0.15, -0.1) is 0 Å². The van der Waals surface area contributed by atoms with E-state index in [1.165, 1.54) is 0 Å². The number of aromatic amines is 1. The van der Waals surface area contributed by atoms with Crippen LogP contribution in [0.25, 0.3) is 0 Å². The summed E-state index contributed by atoms with van der Waals surface area (Å²) in [6, 6.07) is 1.86. The van der Waals surface area contributed by atoms with E-state index < -0.39 is 11.9 Å². The number of carbonyl (C=O) groups excluding carboxylic acids is 1. The lowest BCUT2D eigenvalue weighted by Crippen LogP contribution is -2.42. The van der Waals surface area contributed by atoms with Crippen molar-refractivity contribution in [1.82, 2.24) is 9.88 Å². The molecule has 0 bridgehead atoms. The van der Waals surface area contributed by atoms with Gasteiger partial charge in [-0.1, -0.05) is 0 Å². The van der Waals surface area contributed by atoms with Crippen LogP contribution in [0.5, 0.6) is 0 Å². The smallest absolute Gasteiger partial charge is 0.308 e. The standard InChI is InChI=1S/C12H16N2O3/c15-11(6-9-3-4-13-7-9)14-5-1-2-10(8-14)12(16)17/h3-4,7,10,13H,1-2,5-6,8H2,(H,16,17). The normalized spacial score (nSPS) is 20.2. The number of amides is 1. The van der Waals surface area contributed by atoms with Gasteiger partial charge < -0.3 is 15.0 Å². The van der Waals surface area contributed by atoms with Crippen LogP contribution in [-0.2, 0) is 16.0 Å². The van der Waals surface area contributed by atoms with E-state index in [-0.39, 0.29) is 5.91 Å². The number of H-pyrrole nitrogens is 1. The van der Waals surface area contributed by atoms with Crippen molar-refractivity contribution >= 4 is 11.9 Å². The van der Waals surface area contributed by atoms with E-state index >= 15 is 0 Å². The summed E-state index contributed by atoms with van der Waals surface area (Å²) in [5.41, 5.74) is 0.937. The minimum Gasteiger partial charge on any atom is -0.481 e. The number of carboxylic acid groups (broad SMARTS) is 1. The second-order valence-electron chi connectivity index (χ2n) is 4.41. The molecule has 1 unspecified atom stereocenters. The number of nitrogens with zero attached hydrogens (tertiary/aromatic N) is 1. The molecule has 1 aromatic heterocycles. The number of carbonyl (C=O) groups is 2. The summed E-state index contributed by atoms with van der Waals surface area (Å²) in [5, 5.41) is 8.95. The molecule has 0 spiro atoms. The average Bonchev–Trinajstić information content (AvgIpc) is 2.82. The maximum Gasteiger partial charge on any atom is 0.308 e. The number of rotatable bonds is 3. The Balaban J connectivity index is 1.93. The second-order valence-corrected chi connectivity index (χ2v) is 4.41. The maximum absolute atomic E-state index is 12.0. The Labute approximate surface area is 99.4 Å². The highest BCUT2D eigenvalue weighted by atomic mass is 16.4. The average molecular weight is 236 g/mol. The van der Waals surface area contributed by atoms with Crippen LogP contribution >= 0.6 is 0 Å². The van der Waals surface area contributed by atoms with Gasteiger partial charge >= 0.3 is 5.97 Å². The van der Waals surface area contributed by atoms with Crippen molar-refractivity contribution in [3.05, 3.63) is 24.0 Å². The molecule has 5 heteroatoms. The molecule has 1 amide bonds. The number of aliphatic carboxylic acids is 1. The Morgan fingerprint density at radius 2 is 2.35 bits per heavy atom. The third-order valence-electron chi connectivity index (χ3n) is 3.14. The van der Waals surface area contributed by atoms with Gasteiger partial charge in [0.25, 0.3) is 0 Å². The fourth-order valence-electron chi connectivity index (χ4n) is 2.16. The van der Waals surface area contributed by atoms with Gasteiger partial charge in [0.05, 0.1) is 12.3 Å². The largest absolute Gasteiger partial charge is 0.481 e. The molecular weight excluding hydrogens is 220 g/mol. The molecule has 92 valence electrons. The number of piperidine rings is 1. The van der Waals surface area contributed by atoms with Gasteiger partial charge in [-0.05, 0) is 24.5 Å². The first-order valence-electron chi connectivity index (χ1n) is 5.79. The molecule has 1 fully saturated rings. The summed E-state index contributed by atoms with van der Waals surface area (Å²) in [6.45, 7) is 1.02. The SMILES string of the molecule is O=C(O)C1CCCN(C(=O)Cc2cc[nH]c2)C1. The Bertz CT molecular complexity index is 400. The van der Waals surface area contributed by atoms with Crippen LogP contribution in [0, 0.1) is 5.92 Å². The molecule has 1 atom stereocenters. The summed E-state index contributed by atoms with van der Waals surface area (Å²) in [6.07, 6.45) is 5.35. The zero-order valence-electron chi connectivity index (χ0n) is 9.56. The zero-order valence-corrected chi connectivity index (χ0v) is 9.56. The lowest BCUT2D eigenvalue weighted by molar-refractivity contribution is -0.145. The number of hydrogen-bond acceptors (Lipinski definition) is 2. The van der Waals surface area contributed by atoms with E-state index in [0.29, 0.717) is 25.9 Å². The summed E-state index contributed by atoms with van der Waals surface area (Å²) in [4.78, 5) is 27.4. The van der Waals surface area contributed by atoms with E-state index in [4.69, 9.17) is 5.11 Å². The van der Waals surface area contributed by atoms with Crippen molar-refractivity contribution in [3.63, 3.8) is 0 Å². The van der Waals surface area contributed by atoms with Crippen LogP contribution in [0.4, 0.5) is 0 Å². The van der Waals surface area contributed by atoms with E-state index in [1.54, 1.807) is 17.3 Å². The van der Waals surface area contributed by atoms with E-state index in [9.17, 15) is 9.59 Å². The van der Waals surface area contributed by atoms with E-state index in [2.05, 4.69) is 4.98 Å². The van der Waals surface area contributed by atoms with Crippen LogP contribution in [0.15, 0.2) is 18.5 Å². The van der Waals surface area contributed by atoms with E-state index in [1.807, 2.05) is 6.07 Å². The van der Waals surface area contributed by atoms with Crippen LogP contribution in [0.1, 0.15) is 18.4 Å². The highest BCUT2D eigenvalue weighted by molar-refractivity contribution is 5.80. The minimum absolute atomic E-state index is 0.00977. The van der Waals surface area contributed by atoms with Crippen LogP contribution in [0.3, 0.4) is 0 Å². The van der Waals surface area contributed by atoms with Crippen molar-refractivity contribution in [1.29, 1.82) is 0 Å². The summed E-state index contributed by atoms with van der Waals surface area (Å²) < 4.78 is 0. The Morgan fingerprint density at radius 1 is 1.53 bits per heavy atom. The molecule has 0 aromatic carbocycles. The van der Waals surface area contributed by atoms with Gasteiger partial charge in [0.15, 0.2) is 0 Å². The van der Waals surface area contributed by atoms with Gasteiger partial charge in [0, 0.05) is 25.5 Å². The Kier molecular flexibility index (Phi) is 3.46. The molecule has 2 N–H and O–H groups in total. The molecule has 1 aliphatic heterocycles. The highest BCUT2D eigenvalue weighted by Crippen LogP contribution is 2.17. The van der Waals surface area contributed by atoms with Crippen LogP contribution in [-0.4, -0.2) is 40.0 Å². The summed E-state index contributed by atoms with van der Waals surface area (Å²) >= 11 is 0. The second kappa shape index (κ2) is 5.03. The molecule has 0 radical (unpaired) electrons. The predicted octanol–water partition coefficient (Wildman–Crippen LogP) is 0.880. The fraction of sp³-hybridized carbons (Fsp3) is 0.500. The number of likely N-dealkylation sites (tertiary alicyclic amines) is 1. The zero-order chi connectivity index (χ0) is 12.3. The lowest BCUT2D eigenvalue weighted by Gasteiger charge is -2.30. The van der Waals surface area contributed by atoms with Crippen molar-refractivity contribution in [3.8, 4) is 0 Å². The first-order valence-corrected chi connectivity index (χ1v) is 5.79.